The van der Waals surface area contributed by atoms with Crippen LogP contribution in [0.4, 0.5) is 0 Å². The Balaban J connectivity index is 1.66. The van der Waals surface area contributed by atoms with Gasteiger partial charge in [0, 0.05) is 41.9 Å². The number of hydrogen-bond acceptors (Lipinski definition) is 2. The van der Waals surface area contributed by atoms with Crippen LogP contribution in [0.3, 0.4) is 0 Å². The molecule has 1 N–H and O–H groups in total. The van der Waals surface area contributed by atoms with Gasteiger partial charge in [-0.25, -0.2) is 0 Å². The van der Waals surface area contributed by atoms with Gasteiger partial charge in [-0.3, -0.25) is 4.79 Å². The van der Waals surface area contributed by atoms with Crippen molar-refractivity contribution >= 4 is 21.8 Å². The van der Waals surface area contributed by atoms with Crippen LogP contribution in [-0.2, 0) is 0 Å². The molecule has 0 spiro atoms. The number of aromatic nitrogens is 1. The van der Waals surface area contributed by atoms with Gasteiger partial charge in [0.2, 0.25) is 0 Å². The van der Waals surface area contributed by atoms with Gasteiger partial charge in [0.25, 0.3) is 5.91 Å². The van der Waals surface area contributed by atoms with Crippen LogP contribution < -0.4 is 5.32 Å². The van der Waals surface area contributed by atoms with Crippen LogP contribution in [0.15, 0.2) is 16.7 Å². The Hall–Kier alpha value is -0.810. The van der Waals surface area contributed by atoms with Crippen LogP contribution >= 0.6 is 15.9 Å². The van der Waals surface area contributed by atoms with Gasteiger partial charge in [0.15, 0.2) is 0 Å². The van der Waals surface area contributed by atoms with E-state index < -0.39 is 0 Å². The van der Waals surface area contributed by atoms with Gasteiger partial charge in [0.05, 0.1) is 0 Å². The van der Waals surface area contributed by atoms with E-state index in [1.165, 1.54) is 12.8 Å². The SMILES string of the molecule is CC1(C)C2CNCC2CN1C(=O)c1cc(Br)cn1C1CC1. The molecule has 2 atom stereocenters. The third-order valence-corrected chi connectivity index (χ3v) is 6.01. The standard InChI is InChI=1S/C16H22BrN3O/c1-16(2)13-7-18-6-10(13)8-20(16)15(21)14-5-11(17)9-19(14)12-3-4-12/h5,9-10,12-13,18H,3-4,6-8H2,1-2H3. The van der Waals surface area contributed by atoms with Gasteiger partial charge in [-0.1, -0.05) is 0 Å². The molecule has 2 saturated heterocycles. The molecule has 0 aromatic carbocycles. The number of fused-ring (bicyclic) bond motifs is 1. The average Bonchev–Trinajstić information content (AvgIpc) is 2.93. The van der Waals surface area contributed by atoms with Gasteiger partial charge in [-0.05, 0) is 60.5 Å². The van der Waals surface area contributed by atoms with Crippen LogP contribution in [0.5, 0.6) is 0 Å². The highest BCUT2D eigenvalue weighted by atomic mass is 79.9. The van der Waals surface area contributed by atoms with Gasteiger partial charge in [0.1, 0.15) is 5.69 Å². The first-order valence-corrected chi connectivity index (χ1v) is 8.68. The minimum atomic E-state index is -0.0591. The summed E-state index contributed by atoms with van der Waals surface area (Å²) < 4.78 is 3.19. The molecule has 4 rings (SSSR count). The lowest BCUT2D eigenvalue weighted by Gasteiger charge is -2.35. The smallest absolute Gasteiger partial charge is 0.270 e. The van der Waals surface area contributed by atoms with Gasteiger partial charge in [-0.2, -0.15) is 0 Å². The van der Waals surface area contributed by atoms with Crippen LogP contribution in [-0.4, -0.2) is 40.5 Å². The molecule has 4 nitrogen and oxygen atoms in total. The van der Waals surface area contributed by atoms with Crippen molar-refractivity contribution in [1.29, 1.82) is 0 Å². The molecule has 1 aromatic rings. The number of nitrogens with one attached hydrogen (secondary N) is 1. The third kappa shape index (κ3) is 2.08. The first-order valence-electron chi connectivity index (χ1n) is 7.88. The zero-order valence-corrected chi connectivity index (χ0v) is 14.2. The molecule has 1 aromatic heterocycles. The summed E-state index contributed by atoms with van der Waals surface area (Å²) in [4.78, 5) is 15.2. The molecule has 5 heteroatoms. The zero-order valence-electron chi connectivity index (χ0n) is 12.6. The van der Waals surface area contributed by atoms with E-state index >= 15 is 0 Å². The minimum absolute atomic E-state index is 0.0591. The normalized spacial score (nSPS) is 30.7. The Morgan fingerprint density at radius 3 is 2.81 bits per heavy atom. The van der Waals surface area contributed by atoms with Crippen LogP contribution in [0.2, 0.25) is 0 Å². The first-order chi connectivity index (χ1) is 9.98. The van der Waals surface area contributed by atoms with Crippen molar-refractivity contribution in [2.75, 3.05) is 19.6 Å². The highest BCUT2D eigenvalue weighted by Gasteiger charge is 2.51. The molecular weight excluding hydrogens is 330 g/mol. The number of carbonyl (C=O) groups is 1. The third-order valence-electron chi connectivity index (χ3n) is 5.58. The predicted molar refractivity (Wildman–Crippen MR) is 85.4 cm³/mol. The molecule has 1 saturated carbocycles. The maximum Gasteiger partial charge on any atom is 0.270 e. The van der Waals surface area contributed by atoms with E-state index in [4.69, 9.17) is 0 Å². The summed E-state index contributed by atoms with van der Waals surface area (Å²) in [5.41, 5.74) is 0.793. The zero-order chi connectivity index (χ0) is 14.8. The molecule has 21 heavy (non-hydrogen) atoms. The number of amides is 1. The summed E-state index contributed by atoms with van der Waals surface area (Å²) in [7, 11) is 0. The van der Waals surface area contributed by atoms with Crippen LogP contribution in [0, 0.1) is 11.8 Å². The molecule has 1 amide bonds. The molecule has 0 radical (unpaired) electrons. The summed E-state index contributed by atoms with van der Waals surface area (Å²) in [6, 6.07) is 2.52. The number of rotatable bonds is 2. The maximum absolute atomic E-state index is 13.1. The number of likely N-dealkylation sites (tertiary alicyclic amines) is 1. The Bertz CT molecular complexity index is 590. The second-order valence-corrected chi connectivity index (χ2v) is 8.19. The summed E-state index contributed by atoms with van der Waals surface area (Å²) >= 11 is 3.53. The van der Waals surface area contributed by atoms with Crippen molar-refractivity contribution in [1.82, 2.24) is 14.8 Å². The van der Waals surface area contributed by atoms with Crippen LogP contribution in [0.1, 0.15) is 43.2 Å². The summed E-state index contributed by atoms with van der Waals surface area (Å²) in [6.45, 7) is 7.42. The van der Waals surface area contributed by atoms with Crippen molar-refractivity contribution in [3.63, 3.8) is 0 Å². The average molecular weight is 352 g/mol. The molecule has 3 aliphatic rings. The lowest BCUT2D eigenvalue weighted by molar-refractivity contribution is 0.0592. The second-order valence-electron chi connectivity index (χ2n) is 7.28. The monoisotopic (exact) mass is 351 g/mol. The Morgan fingerprint density at radius 1 is 1.38 bits per heavy atom. The molecule has 1 aliphatic carbocycles. The molecule has 3 heterocycles. The molecule has 3 fully saturated rings. The van der Waals surface area contributed by atoms with Crippen molar-refractivity contribution in [3.8, 4) is 0 Å². The number of hydrogen-bond donors (Lipinski definition) is 1. The van der Waals surface area contributed by atoms with E-state index in [1.54, 1.807) is 0 Å². The summed E-state index contributed by atoms with van der Waals surface area (Å²) in [6.07, 6.45) is 4.45. The quantitative estimate of drug-likeness (QED) is 0.889. The Kier molecular flexibility index (Phi) is 3.02. The van der Waals surface area contributed by atoms with Gasteiger partial charge >= 0.3 is 0 Å². The number of nitrogens with zero attached hydrogens (tertiary/aromatic N) is 2. The maximum atomic E-state index is 13.1. The van der Waals surface area contributed by atoms with E-state index in [1.807, 2.05) is 6.07 Å². The topological polar surface area (TPSA) is 37.3 Å². The van der Waals surface area contributed by atoms with Gasteiger partial charge < -0.3 is 14.8 Å². The lowest BCUT2D eigenvalue weighted by Crippen LogP contribution is -2.48. The first kappa shape index (κ1) is 13.8. The fourth-order valence-electron chi connectivity index (χ4n) is 4.18. The highest BCUT2D eigenvalue weighted by molar-refractivity contribution is 9.10. The van der Waals surface area contributed by atoms with Crippen molar-refractivity contribution in [2.45, 2.75) is 38.3 Å². The van der Waals surface area contributed by atoms with Crippen molar-refractivity contribution in [2.24, 2.45) is 11.8 Å². The molecule has 2 unspecified atom stereocenters. The van der Waals surface area contributed by atoms with E-state index in [9.17, 15) is 4.79 Å². The summed E-state index contributed by atoms with van der Waals surface area (Å²) in [5, 5.41) is 3.47. The van der Waals surface area contributed by atoms with E-state index in [0.29, 0.717) is 17.9 Å². The van der Waals surface area contributed by atoms with E-state index in [0.717, 1.165) is 29.8 Å². The Labute approximate surface area is 134 Å². The Morgan fingerprint density at radius 2 is 2.14 bits per heavy atom. The lowest BCUT2D eigenvalue weighted by atomic mass is 9.85. The number of carbonyl (C=O) groups excluding carboxylic acids is 1. The van der Waals surface area contributed by atoms with Crippen molar-refractivity contribution in [3.05, 3.63) is 22.4 Å². The molecule has 114 valence electrons. The van der Waals surface area contributed by atoms with E-state index in [2.05, 4.69) is 50.8 Å². The fourth-order valence-corrected chi connectivity index (χ4v) is 4.61. The minimum Gasteiger partial charge on any atom is -0.339 e. The molecule has 2 aliphatic heterocycles. The predicted octanol–water partition coefficient (Wildman–Crippen LogP) is 2.66. The van der Waals surface area contributed by atoms with E-state index in [-0.39, 0.29) is 11.4 Å². The summed E-state index contributed by atoms with van der Waals surface area (Å²) in [5.74, 6) is 1.39. The molecule has 0 bridgehead atoms. The molecular formula is C16H22BrN3O. The van der Waals surface area contributed by atoms with Crippen LogP contribution in [0.25, 0.3) is 0 Å². The fraction of sp³-hybridized carbons (Fsp3) is 0.688. The highest BCUT2D eigenvalue weighted by Crippen LogP contribution is 2.43. The second kappa shape index (κ2) is 4.59. The number of halogens is 1. The van der Waals surface area contributed by atoms with Crippen molar-refractivity contribution < 1.29 is 4.79 Å². The van der Waals surface area contributed by atoms with Gasteiger partial charge in [-0.15, -0.1) is 0 Å². The largest absolute Gasteiger partial charge is 0.339 e.